The average molecular weight is 474 g/mol. The summed E-state index contributed by atoms with van der Waals surface area (Å²) in [4.78, 5) is 74.8. The lowest BCUT2D eigenvalue weighted by Gasteiger charge is -2.21. The number of esters is 3. The lowest BCUT2D eigenvalue weighted by atomic mass is 9.81. The van der Waals surface area contributed by atoms with E-state index in [0.717, 1.165) is 32.0 Å². The highest BCUT2D eigenvalue weighted by atomic mass is 16.5. The SMILES string of the molecule is COC(=O)c1cc(NC(=O)COC(=O)C(C)N2C(=O)C3CCCCC3C2=O)cc(C(=O)OC)c1. The normalized spacial score (nSPS) is 20.3. The van der Waals surface area contributed by atoms with Gasteiger partial charge in [-0.05, 0) is 38.0 Å². The van der Waals surface area contributed by atoms with Gasteiger partial charge in [0.2, 0.25) is 11.8 Å². The second-order valence-electron chi connectivity index (χ2n) is 8.16. The highest BCUT2D eigenvalue weighted by molar-refractivity contribution is 6.08. The van der Waals surface area contributed by atoms with Crippen LogP contribution in [0, 0.1) is 11.8 Å². The highest BCUT2D eigenvalue weighted by Crippen LogP contribution is 2.38. The monoisotopic (exact) mass is 474 g/mol. The topological polar surface area (TPSA) is 145 Å². The maximum absolute atomic E-state index is 12.6. The molecule has 0 radical (unpaired) electrons. The Morgan fingerprint density at radius 1 is 0.941 bits per heavy atom. The van der Waals surface area contributed by atoms with Gasteiger partial charge in [0.15, 0.2) is 6.61 Å². The number of anilines is 1. The number of amides is 3. The fourth-order valence-corrected chi connectivity index (χ4v) is 4.30. The molecule has 1 aromatic carbocycles. The molecule has 0 spiro atoms. The van der Waals surface area contributed by atoms with Gasteiger partial charge >= 0.3 is 17.9 Å². The Morgan fingerprint density at radius 2 is 1.44 bits per heavy atom. The van der Waals surface area contributed by atoms with E-state index >= 15 is 0 Å². The number of rotatable bonds is 7. The van der Waals surface area contributed by atoms with E-state index in [-0.39, 0.29) is 28.6 Å². The van der Waals surface area contributed by atoms with Crippen LogP contribution in [0.25, 0.3) is 0 Å². The van der Waals surface area contributed by atoms with Gasteiger partial charge in [0.1, 0.15) is 6.04 Å². The number of nitrogens with one attached hydrogen (secondary N) is 1. The number of carbonyl (C=O) groups excluding carboxylic acids is 6. The molecule has 3 rings (SSSR count). The zero-order valence-electron chi connectivity index (χ0n) is 19.1. The Labute approximate surface area is 195 Å². The van der Waals surface area contributed by atoms with Gasteiger partial charge in [-0.2, -0.15) is 0 Å². The molecule has 1 saturated heterocycles. The third kappa shape index (κ3) is 5.08. The van der Waals surface area contributed by atoms with Crippen LogP contribution in [-0.2, 0) is 33.4 Å². The number of likely N-dealkylation sites (tertiary alicyclic amines) is 1. The zero-order chi connectivity index (χ0) is 25.0. The Bertz CT molecular complexity index is 977. The van der Waals surface area contributed by atoms with Crippen molar-refractivity contribution in [2.24, 2.45) is 11.8 Å². The Hall–Kier alpha value is -3.76. The van der Waals surface area contributed by atoms with Crippen LogP contribution in [0.15, 0.2) is 18.2 Å². The van der Waals surface area contributed by atoms with Gasteiger partial charge in [0.05, 0.1) is 37.2 Å². The molecule has 3 amide bonds. The molecule has 1 heterocycles. The van der Waals surface area contributed by atoms with Crippen LogP contribution in [0.3, 0.4) is 0 Å². The predicted molar refractivity (Wildman–Crippen MR) is 115 cm³/mol. The summed E-state index contributed by atoms with van der Waals surface area (Å²) in [6, 6.07) is 2.65. The number of benzene rings is 1. The van der Waals surface area contributed by atoms with Gasteiger partial charge in [0.25, 0.3) is 5.91 Å². The first-order chi connectivity index (χ1) is 16.2. The van der Waals surface area contributed by atoms with Crippen molar-refractivity contribution in [3.8, 4) is 0 Å². The van der Waals surface area contributed by atoms with Crippen molar-refractivity contribution < 1.29 is 43.0 Å². The van der Waals surface area contributed by atoms with Gasteiger partial charge < -0.3 is 19.5 Å². The van der Waals surface area contributed by atoms with E-state index in [1.807, 2.05) is 0 Å². The molecule has 1 N–H and O–H groups in total. The molecule has 3 atom stereocenters. The van der Waals surface area contributed by atoms with E-state index < -0.39 is 48.3 Å². The summed E-state index contributed by atoms with van der Waals surface area (Å²) in [6.45, 7) is 0.679. The first kappa shape index (κ1) is 24.9. The molecule has 3 unspecified atom stereocenters. The van der Waals surface area contributed by atoms with Gasteiger partial charge in [0, 0.05) is 5.69 Å². The standard InChI is InChI=1S/C23H26N2O9/c1-12(25-19(27)16-6-4-5-7-17(16)20(25)28)21(29)34-11-18(26)24-15-9-13(22(30)32-2)8-14(10-15)23(31)33-3/h8-10,12,16-17H,4-7,11H2,1-3H3,(H,24,26). The number of hydrogen-bond donors (Lipinski definition) is 1. The van der Waals surface area contributed by atoms with E-state index in [4.69, 9.17) is 4.74 Å². The maximum atomic E-state index is 12.6. The van der Waals surface area contributed by atoms with Crippen molar-refractivity contribution in [3.63, 3.8) is 0 Å². The van der Waals surface area contributed by atoms with Crippen LogP contribution >= 0.6 is 0 Å². The Balaban J connectivity index is 1.63. The van der Waals surface area contributed by atoms with Crippen molar-refractivity contribution in [1.29, 1.82) is 0 Å². The van der Waals surface area contributed by atoms with E-state index in [1.54, 1.807) is 0 Å². The lowest BCUT2D eigenvalue weighted by Crippen LogP contribution is -2.45. The molecule has 182 valence electrons. The molecular formula is C23H26N2O9. The van der Waals surface area contributed by atoms with Crippen LogP contribution in [0.5, 0.6) is 0 Å². The molecular weight excluding hydrogens is 448 g/mol. The molecule has 1 aliphatic heterocycles. The number of ether oxygens (including phenoxy) is 3. The summed E-state index contributed by atoms with van der Waals surface area (Å²) in [6.07, 6.45) is 2.96. The van der Waals surface area contributed by atoms with Crippen LogP contribution in [0.2, 0.25) is 0 Å². The second-order valence-corrected chi connectivity index (χ2v) is 8.16. The molecule has 1 saturated carbocycles. The summed E-state index contributed by atoms with van der Waals surface area (Å²) in [7, 11) is 2.33. The third-order valence-electron chi connectivity index (χ3n) is 6.01. The smallest absolute Gasteiger partial charge is 0.337 e. The summed E-state index contributed by atoms with van der Waals surface area (Å²) in [5.41, 5.74) is 0.0732. The number of hydrogen-bond acceptors (Lipinski definition) is 9. The van der Waals surface area contributed by atoms with Gasteiger partial charge in [-0.25, -0.2) is 14.4 Å². The van der Waals surface area contributed by atoms with Crippen molar-refractivity contribution in [2.45, 2.75) is 38.6 Å². The van der Waals surface area contributed by atoms with Gasteiger partial charge in [-0.1, -0.05) is 12.8 Å². The average Bonchev–Trinajstić information content (AvgIpc) is 3.10. The van der Waals surface area contributed by atoms with Gasteiger partial charge in [-0.15, -0.1) is 0 Å². The minimum absolute atomic E-state index is 0.00107. The molecule has 0 bridgehead atoms. The van der Waals surface area contributed by atoms with Gasteiger partial charge in [-0.3, -0.25) is 19.3 Å². The lowest BCUT2D eigenvalue weighted by molar-refractivity contribution is -0.159. The van der Waals surface area contributed by atoms with Crippen molar-refractivity contribution in [3.05, 3.63) is 29.3 Å². The summed E-state index contributed by atoms with van der Waals surface area (Å²) in [5, 5.41) is 2.42. The number of fused-ring (bicyclic) bond motifs is 1. The molecule has 34 heavy (non-hydrogen) atoms. The van der Waals surface area contributed by atoms with Crippen LogP contribution < -0.4 is 5.32 Å². The quantitative estimate of drug-likeness (QED) is 0.351. The molecule has 1 aromatic rings. The molecule has 2 fully saturated rings. The molecule has 0 aromatic heterocycles. The van der Waals surface area contributed by atoms with E-state index in [9.17, 15) is 28.8 Å². The maximum Gasteiger partial charge on any atom is 0.337 e. The summed E-state index contributed by atoms with van der Waals surface area (Å²) < 4.78 is 14.3. The summed E-state index contributed by atoms with van der Waals surface area (Å²) in [5.74, 6) is -4.67. The van der Waals surface area contributed by atoms with E-state index in [2.05, 4.69) is 14.8 Å². The minimum Gasteiger partial charge on any atom is -0.465 e. The molecule has 1 aliphatic carbocycles. The fraction of sp³-hybridized carbons (Fsp3) is 0.478. The second kappa shape index (κ2) is 10.4. The number of imide groups is 1. The van der Waals surface area contributed by atoms with Crippen molar-refractivity contribution in [2.75, 3.05) is 26.1 Å². The van der Waals surface area contributed by atoms with Crippen LogP contribution in [0.1, 0.15) is 53.3 Å². The summed E-state index contributed by atoms with van der Waals surface area (Å²) >= 11 is 0. The predicted octanol–water partition coefficient (Wildman–Crippen LogP) is 1.31. The molecule has 11 heteroatoms. The fourth-order valence-electron chi connectivity index (χ4n) is 4.30. The first-order valence-electron chi connectivity index (χ1n) is 10.8. The third-order valence-corrected chi connectivity index (χ3v) is 6.01. The van der Waals surface area contributed by atoms with Crippen molar-refractivity contribution in [1.82, 2.24) is 4.90 Å². The van der Waals surface area contributed by atoms with Crippen molar-refractivity contribution >= 4 is 41.3 Å². The molecule has 11 nitrogen and oxygen atoms in total. The minimum atomic E-state index is -1.16. The first-order valence-corrected chi connectivity index (χ1v) is 10.8. The van der Waals surface area contributed by atoms with E-state index in [1.165, 1.54) is 25.1 Å². The number of methoxy groups -OCH3 is 2. The number of nitrogens with zero attached hydrogens (tertiary/aromatic N) is 1. The Morgan fingerprint density at radius 3 is 1.91 bits per heavy atom. The highest BCUT2D eigenvalue weighted by Gasteiger charge is 2.51. The molecule has 2 aliphatic rings. The largest absolute Gasteiger partial charge is 0.465 e. The van der Waals surface area contributed by atoms with Crippen LogP contribution in [-0.4, -0.2) is 67.4 Å². The number of carbonyl (C=O) groups is 6. The van der Waals surface area contributed by atoms with E-state index in [0.29, 0.717) is 12.8 Å². The van der Waals surface area contributed by atoms with Crippen LogP contribution in [0.4, 0.5) is 5.69 Å². The Kier molecular flexibility index (Phi) is 7.64. The zero-order valence-corrected chi connectivity index (χ0v) is 19.1.